The fraction of sp³-hybridized carbons (Fsp3) is 0.375. The molecule has 1 atom stereocenters. The molecule has 0 fully saturated rings. The maximum atomic E-state index is 13.3. The Morgan fingerprint density at radius 2 is 1.87 bits per heavy atom. The number of ether oxygens (including phenoxy) is 2. The van der Waals surface area contributed by atoms with Crippen LogP contribution in [0.1, 0.15) is 32.0 Å². The predicted molar refractivity (Wildman–Crippen MR) is 130 cm³/mol. The molecule has 3 rings (SSSR count). The zero-order valence-electron chi connectivity index (χ0n) is 21.1. The van der Waals surface area contributed by atoms with Gasteiger partial charge < -0.3 is 14.8 Å². The molecule has 1 aromatic carbocycles. The summed E-state index contributed by atoms with van der Waals surface area (Å²) in [4.78, 5) is 36.3. The van der Waals surface area contributed by atoms with Gasteiger partial charge >= 0.3 is 18.4 Å². The molecule has 204 valence electrons. The van der Waals surface area contributed by atoms with Gasteiger partial charge in [0, 0.05) is 31.4 Å². The van der Waals surface area contributed by atoms with Crippen LogP contribution >= 0.6 is 0 Å². The molecule has 3 aromatic rings. The highest BCUT2D eigenvalue weighted by Gasteiger charge is 2.42. The van der Waals surface area contributed by atoms with E-state index in [-0.39, 0.29) is 23.2 Å². The summed E-state index contributed by atoms with van der Waals surface area (Å²) in [6.45, 7) is 3.32. The van der Waals surface area contributed by atoms with Crippen LogP contribution in [0.3, 0.4) is 0 Å². The Balaban J connectivity index is 1.63. The first-order valence-electron chi connectivity index (χ1n) is 11.4. The molecule has 0 saturated carbocycles. The number of hydrogen-bond donors (Lipinski definition) is 2. The van der Waals surface area contributed by atoms with E-state index in [1.165, 1.54) is 49.8 Å². The molecule has 0 saturated heterocycles. The molecule has 14 heteroatoms. The van der Waals surface area contributed by atoms with Crippen LogP contribution in [-0.4, -0.2) is 56.2 Å². The summed E-state index contributed by atoms with van der Waals surface area (Å²) in [6.07, 6.45) is -2.40. The smallest absolute Gasteiger partial charge is 0.412 e. The highest BCUT2D eigenvalue weighted by Crippen LogP contribution is 2.21. The van der Waals surface area contributed by atoms with Crippen molar-refractivity contribution in [3.63, 3.8) is 0 Å². The fourth-order valence-electron chi connectivity index (χ4n) is 3.17. The minimum atomic E-state index is -4.89. The van der Waals surface area contributed by atoms with Crippen molar-refractivity contribution in [1.29, 1.82) is 0 Å². The van der Waals surface area contributed by atoms with E-state index in [9.17, 15) is 27.6 Å². The molecule has 38 heavy (non-hydrogen) atoms. The first-order valence-corrected chi connectivity index (χ1v) is 11.4. The third-order valence-electron chi connectivity index (χ3n) is 4.85. The number of halogens is 3. The lowest BCUT2D eigenvalue weighted by Crippen LogP contribution is -2.50. The highest BCUT2D eigenvalue weighted by atomic mass is 19.4. The lowest BCUT2D eigenvalue weighted by Gasteiger charge is -2.24. The number of hydrogen-bond acceptors (Lipinski definition) is 7. The molecule has 0 spiro atoms. The summed E-state index contributed by atoms with van der Waals surface area (Å²) >= 11 is 0. The summed E-state index contributed by atoms with van der Waals surface area (Å²) < 4.78 is 52.5. The Morgan fingerprint density at radius 1 is 1.13 bits per heavy atom. The van der Waals surface area contributed by atoms with Gasteiger partial charge in [0.2, 0.25) is 5.43 Å². The number of nitrogens with zero attached hydrogens (tertiary/aromatic N) is 4. The predicted octanol–water partition coefficient (Wildman–Crippen LogP) is 3.56. The van der Waals surface area contributed by atoms with Crippen LogP contribution in [0, 0.1) is 0 Å². The summed E-state index contributed by atoms with van der Waals surface area (Å²) in [7, 11) is 1.75. The number of aromatic nitrogens is 4. The Hall–Kier alpha value is -4.36. The second-order valence-electron chi connectivity index (χ2n) is 9.28. The maximum absolute atomic E-state index is 13.3. The summed E-state index contributed by atoms with van der Waals surface area (Å²) in [5, 5.41) is 12.4. The topological polar surface area (TPSA) is 129 Å². The molecule has 0 aliphatic carbocycles. The minimum Gasteiger partial charge on any atom is -0.447 e. The van der Waals surface area contributed by atoms with E-state index in [1.54, 1.807) is 41.6 Å². The molecule has 1 unspecified atom stereocenters. The number of carbonyl (C=O) groups is 2. The van der Waals surface area contributed by atoms with Crippen molar-refractivity contribution in [1.82, 2.24) is 24.9 Å². The van der Waals surface area contributed by atoms with E-state index in [0.29, 0.717) is 11.3 Å². The van der Waals surface area contributed by atoms with Crippen LogP contribution in [0.5, 0.6) is 0 Å². The van der Waals surface area contributed by atoms with Gasteiger partial charge in [-0.15, -0.1) is 0 Å². The van der Waals surface area contributed by atoms with Crippen molar-refractivity contribution in [3.8, 4) is 5.69 Å². The summed E-state index contributed by atoms with van der Waals surface area (Å²) in [5.74, 6) is 0. The number of anilines is 1. The molecule has 2 N–H and O–H groups in total. The zero-order valence-corrected chi connectivity index (χ0v) is 21.1. The van der Waals surface area contributed by atoms with Gasteiger partial charge in [0.1, 0.15) is 23.6 Å². The van der Waals surface area contributed by atoms with Crippen molar-refractivity contribution in [2.24, 2.45) is 7.05 Å². The quantitative estimate of drug-likeness (QED) is 0.472. The number of benzene rings is 1. The van der Waals surface area contributed by atoms with Crippen molar-refractivity contribution in [3.05, 3.63) is 70.4 Å². The van der Waals surface area contributed by atoms with Crippen molar-refractivity contribution >= 4 is 17.9 Å². The molecule has 0 aliphatic rings. The van der Waals surface area contributed by atoms with Crippen LogP contribution in [0.25, 0.3) is 5.69 Å². The Morgan fingerprint density at radius 3 is 2.50 bits per heavy atom. The van der Waals surface area contributed by atoms with Crippen LogP contribution in [-0.2, 0) is 22.9 Å². The SMILES string of the molecule is Cn1cc(-n2ccc(=O)c(Cc3cccc(NC(=O)OCC(NC(=O)OC(C)(C)C)C(F)(F)F)c3)n2)cn1. The molecule has 11 nitrogen and oxygen atoms in total. The standard InChI is InChI=1S/C24H27F3N6O5/c1-23(2,3)38-22(36)30-20(24(25,26)27)14-37-21(35)29-16-7-5-6-15(10-16)11-18-19(34)8-9-33(31-18)17-12-28-32(4)13-17/h5-10,12-13,20H,11,14H2,1-4H3,(H,29,35)(H,30,36). The second-order valence-corrected chi connectivity index (χ2v) is 9.28. The van der Waals surface area contributed by atoms with Gasteiger partial charge in [0.15, 0.2) is 6.04 Å². The van der Waals surface area contributed by atoms with Crippen LogP contribution in [0.2, 0.25) is 0 Å². The molecule has 2 heterocycles. The molecular formula is C24H27F3N6O5. The van der Waals surface area contributed by atoms with Gasteiger partial charge in [-0.05, 0) is 38.5 Å². The van der Waals surface area contributed by atoms with E-state index in [2.05, 4.69) is 15.5 Å². The Kier molecular flexibility index (Phi) is 8.43. The lowest BCUT2D eigenvalue weighted by molar-refractivity contribution is -0.162. The number of rotatable bonds is 7. The monoisotopic (exact) mass is 536 g/mol. The fourth-order valence-corrected chi connectivity index (χ4v) is 3.17. The number of carbonyl (C=O) groups excluding carboxylic acids is 2. The molecule has 0 radical (unpaired) electrons. The van der Waals surface area contributed by atoms with Gasteiger partial charge in [-0.25, -0.2) is 14.3 Å². The average molecular weight is 537 g/mol. The third kappa shape index (κ3) is 8.35. The Labute approximate surface area is 215 Å². The summed E-state index contributed by atoms with van der Waals surface area (Å²) in [6, 6.07) is 5.22. The number of nitrogens with one attached hydrogen (secondary N) is 2. The van der Waals surface area contributed by atoms with Crippen molar-refractivity contribution in [2.45, 2.75) is 45.0 Å². The molecule has 2 amide bonds. The lowest BCUT2D eigenvalue weighted by atomic mass is 10.1. The number of amides is 2. The van der Waals surface area contributed by atoms with Gasteiger partial charge in [-0.2, -0.15) is 23.4 Å². The largest absolute Gasteiger partial charge is 0.447 e. The number of alkyl carbamates (subject to hydrolysis) is 1. The Bertz CT molecular complexity index is 1350. The molecule has 0 bridgehead atoms. The molecule has 0 aliphatic heterocycles. The van der Waals surface area contributed by atoms with Gasteiger partial charge in [0.05, 0.1) is 12.4 Å². The van der Waals surface area contributed by atoms with Crippen LogP contribution in [0.4, 0.5) is 28.4 Å². The average Bonchev–Trinajstić information content (AvgIpc) is 3.22. The van der Waals surface area contributed by atoms with E-state index < -0.39 is 36.6 Å². The van der Waals surface area contributed by atoms with Crippen LogP contribution in [0.15, 0.2) is 53.7 Å². The van der Waals surface area contributed by atoms with E-state index in [0.717, 1.165) is 0 Å². The first kappa shape index (κ1) is 28.2. The number of aryl methyl sites for hydroxylation is 1. The van der Waals surface area contributed by atoms with E-state index >= 15 is 0 Å². The first-order chi connectivity index (χ1) is 17.7. The van der Waals surface area contributed by atoms with Crippen molar-refractivity contribution < 1.29 is 32.2 Å². The zero-order chi connectivity index (χ0) is 28.1. The number of alkyl halides is 3. The highest BCUT2D eigenvalue weighted by molar-refractivity contribution is 5.84. The van der Waals surface area contributed by atoms with Crippen LogP contribution < -0.4 is 16.1 Å². The summed E-state index contributed by atoms with van der Waals surface area (Å²) in [5.41, 5.74) is 0.418. The second kappa shape index (κ2) is 11.4. The van der Waals surface area contributed by atoms with E-state index in [1.807, 2.05) is 0 Å². The maximum Gasteiger partial charge on any atom is 0.412 e. The molecule has 2 aromatic heterocycles. The minimum absolute atomic E-state index is 0.125. The van der Waals surface area contributed by atoms with E-state index in [4.69, 9.17) is 9.47 Å². The van der Waals surface area contributed by atoms with Crippen molar-refractivity contribution in [2.75, 3.05) is 11.9 Å². The molecular weight excluding hydrogens is 509 g/mol. The van der Waals surface area contributed by atoms with Gasteiger partial charge in [-0.1, -0.05) is 12.1 Å². The normalized spacial score (nSPS) is 12.5. The van der Waals surface area contributed by atoms with Gasteiger partial charge in [-0.3, -0.25) is 14.8 Å². The third-order valence-corrected chi connectivity index (χ3v) is 4.85. The van der Waals surface area contributed by atoms with Gasteiger partial charge in [0.25, 0.3) is 0 Å².